The number of aryl methyl sites for hydroxylation is 1. The van der Waals surface area contributed by atoms with Gasteiger partial charge in [0.2, 0.25) is 11.7 Å². The summed E-state index contributed by atoms with van der Waals surface area (Å²) in [5.41, 5.74) is 2.84. The number of carbonyl (C=O) groups is 1. The summed E-state index contributed by atoms with van der Waals surface area (Å²) in [4.78, 5) is 25.9. The molecule has 0 bridgehead atoms. The van der Waals surface area contributed by atoms with E-state index in [0.717, 1.165) is 17.6 Å². The first-order valence-electron chi connectivity index (χ1n) is 11.9. The van der Waals surface area contributed by atoms with Gasteiger partial charge < -0.3 is 5.32 Å². The van der Waals surface area contributed by atoms with Crippen LogP contribution in [0.25, 0.3) is 16.7 Å². The lowest BCUT2D eigenvalue weighted by Gasteiger charge is -2.21. The van der Waals surface area contributed by atoms with Crippen LogP contribution in [0.2, 0.25) is 0 Å². The van der Waals surface area contributed by atoms with Gasteiger partial charge in [-0.15, -0.1) is 10.2 Å². The van der Waals surface area contributed by atoms with E-state index in [1.54, 1.807) is 4.57 Å². The lowest BCUT2D eigenvalue weighted by molar-refractivity contribution is -0.118. The second kappa shape index (κ2) is 10.0. The number of hydrogen-bond acceptors (Lipinski definition) is 5. The maximum absolute atomic E-state index is 13.3. The molecular weight excluding hydrogens is 446 g/mol. The summed E-state index contributed by atoms with van der Waals surface area (Å²) in [6, 6.07) is 15.6. The molecule has 34 heavy (non-hydrogen) atoms. The van der Waals surface area contributed by atoms with Gasteiger partial charge in [0.1, 0.15) is 0 Å². The minimum Gasteiger partial charge on any atom is -0.355 e. The van der Waals surface area contributed by atoms with Crippen LogP contribution in [0.3, 0.4) is 0 Å². The second-order valence-electron chi connectivity index (χ2n) is 9.11. The molecule has 0 aliphatic heterocycles. The number of thioether (sulfide) groups is 1. The van der Waals surface area contributed by atoms with Crippen molar-refractivity contribution in [2.45, 2.75) is 50.7 Å². The van der Waals surface area contributed by atoms with E-state index in [1.807, 2.05) is 59.9 Å². The summed E-state index contributed by atoms with van der Waals surface area (Å²) in [6.07, 6.45) is 6.24. The average molecular weight is 476 g/mol. The normalized spacial score (nSPS) is 14.6. The molecule has 2 heterocycles. The Balaban J connectivity index is 1.42. The van der Waals surface area contributed by atoms with Gasteiger partial charge in [-0.3, -0.25) is 18.6 Å². The van der Waals surface area contributed by atoms with Crippen molar-refractivity contribution >= 4 is 34.3 Å². The van der Waals surface area contributed by atoms with E-state index in [-0.39, 0.29) is 17.2 Å². The van der Waals surface area contributed by atoms with Crippen LogP contribution in [0.1, 0.15) is 43.2 Å². The fraction of sp³-hybridized carbons (Fsp3) is 0.385. The van der Waals surface area contributed by atoms with Crippen molar-refractivity contribution in [3.8, 4) is 0 Å². The summed E-state index contributed by atoms with van der Waals surface area (Å²) in [6.45, 7) is 3.19. The number of benzene rings is 2. The fourth-order valence-corrected chi connectivity index (χ4v) is 5.45. The van der Waals surface area contributed by atoms with Crippen LogP contribution in [0, 0.1) is 12.8 Å². The molecule has 1 aliphatic carbocycles. The molecule has 1 amide bonds. The zero-order valence-corrected chi connectivity index (χ0v) is 20.2. The summed E-state index contributed by atoms with van der Waals surface area (Å²) in [5, 5.41) is 13.0. The fourth-order valence-electron chi connectivity index (χ4n) is 4.68. The molecule has 1 N–H and O–H groups in total. The van der Waals surface area contributed by atoms with Gasteiger partial charge >= 0.3 is 0 Å². The molecule has 2 aromatic carbocycles. The smallest absolute Gasteiger partial charge is 0.263 e. The molecule has 0 atom stereocenters. The molecule has 0 radical (unpaired) electrons. The molecule has 0 spiro atoms. The zero-order chi connectivity index (χ0) is 23.5. The lowest BCUT2D eigenvalue weighted by Crippen LogP contribution is -2.31. The number of nitrogens with zero attached hydrogens (tertiary/aromatic N) is 4. The highest BCUT2D eigenvalue weighted by Gasteiger charge is 2.19. The third-order valence-electron chi connectivity index (χ3n) is 6.58. The van der Waals surface area contributed by atoms with Gasteiger partial charge in [-0.1, -0.05) is 73.0 Å². The molecule has 1 aliphatic rings. The molecule has 176 valence electrons. The van der Waals surface area contributed by atoms with Gasteiger partial charge in [0.05, 0.1) is 23.2 Å². The lowest BCUT2D eigenvalue weighted by atomic mass is 9.89. The summed E-state index contributed by atoms with van der Waals surface area (Å²) >= 11 is 1.35. The topological polar surface area (TPSA) is 81.3 Å². The first-order chi connectivity index (χ1) is 16.6. The molecule has 4 aromatic rings. The SMILES string of the molecule is Cc1ccc(Cn2c(=O)c3ccccc3n3c(SCC(=O)NCC4CCCCC4)nnc23)cc1. The molecular formula is C26H29N5O2S. The van der Waals surface area contributed by atoms with Crippen molar-refractivity contribution < 1.29 is 4.79 Å². The quantitative estimate of drug-likeness (QED) is 0.406. The predicted molar refractivity (Wildman–Crippen MR) is 135 cm³/mol. The van der Waals surface area contributed by atoms with Crippen LogP contribution in [-0.4, -0.2) is 37.4 Å². The Hall–Kier alpha value is -3.13. The molecule has 0 saturated heterocycles. The summed E-state index contributed by atoms with van der Waals surface area (Å²) < 4.78 is 3.55. The largest absolute Gasteiger partial charge is 0.355 e. The number of aromatic nitrogens is 4. The van der Waals surface area contributed by atoms with Crippen molar-refractivity contribution in [1.82, 2.24) is 24.5 Å². The van der Waals surface area contributed by atoms with E-state index < -0.39 is 0 Å². The zero-order valence-electron chi connectivity index (χ0n) is 19.4. The van der Waals surface area contributed by atoms with E-state index in [9.17, 15) is 9.59 Å². The van der Waals surface area contributed by atoms with E-state index >= 15 is 0 Å². The van der Waals surface area contributed by atoms with Crippen LogP contribution in [0.5, 0.6) is 0 Å². The number of amides is 1. The van der Waals surface area contributed by atoms with Crippen LogP contribution < -0.4 is 10.9 Å². The van der Waals surface area contributed by atoms with E-state index in [1.165, 1.54) is 49.4 Å². The molecule has 5 rings (SSSR count). The van der Waals surface area contributed by atoms with Crippen molar-refractivity contribution in [2.75, 3.05) is 12.3 Å². The van der Waals surface area contributed by atoms with Crippen LogP contribution in [0.15, 0.2) is 58.5 Å². The molecule has 2 aromatic heterocycles. The highest BCUT2D eigenvalue weighted by molar-refractivity contribution is 7.99. The van der Waals surface area contributed by atoms with Crippen LogP contribution in [-0.2, 0) is 11.3 Å². The molecule has 1 fully saturated rings. The minimum atomic E-state index is -0.0992. The molecule has 1 saturated carbocycles. The third-order valence-corrected chi connectivity index (χ3v) is 7.51. The molecule has 7 nitrogen and oxygen atoms in total. The summed E-state index contributed by atoms with van der Waals surface area (Å²) in [7, 11) is 0. The van der Waals surface area contributed by atoms with Gasteiger partial charge in [-0.25, -0.2) is 0 Å². The Morgan fingerprint density at radius 1 is 1.06 bits per heavy atom. The van der Waals surface area contributed by atoms with Gasteiger partial charge in [0.25, 0.3) is 5.56 Å². The Kier molecular flexibility index (Phi) is 6.67. The average Bonchev–Trinajstić information content (AvgIpc) is 3.30. The Morgan fingerprint density at radius 3 is 2.62 bits per heavy atom. The number of fused-ring (bicyclic) bond motifs is 3. The van der Waals surface area contributed by atoms with Gasteiger partial charge in [-0.05, 0) is 43.4 Å². The van der Waals surface area contributed by atoms with E-state index in [2.05, 4.69) is 15.5 Å². The number of rotatable bonds is 7. The summed E-state index contributed by atoms with van der Waals surface area (Å²) in [5.74, 6) is 1.34. The second-order valence-corrected chi connectivity index (χ2v) is 10.1. The molecule has 8 heteroatoms. The Morgan fingerprint density at radius 2 is 1.82 bits per heavy atom. The highest BCUT2D eigenvalue weighted by atomic mass is 32.2. The predicted octanol–water partition coefficient (Wildman–Crippen LogP) is 4.19. The van der Waals surface area contributed by atoms with Gasteiger partial charge in [0, 0.05) is 6.54 Å². The maximum Gasteiger partial charge on any atom is 0.263 e. The number of hydrogen-bond donors (Lipinski definition) is 1. The van der Waals surface area contributed by atoms with Crippen molar-refractivity contribution in [3.05, 3.63) is 70.0 Å². The number of carbonyl (C=O) groups excluding carboxylic acids is 1. The van der Waals surface area contributed by atoms with E-state index in [0.29, 0.717) is 28.8 Å². The Bertz CT molecular complexity index is 1370. The first kappa shape index (κ1) is 22.7. The van der Waals surface area contributed by atoms with Gasteiger partial charge in [-0.2, -0.15) is 0 Å². The standard InChI is InChI=1S/C26H29N5O2S/c1-18-11-13-20(14-12-18)16-30-24(33)21-9-5-6-10-22(21)31-25(30)28-29-26(31)34-17-23(32)27-15-19-7-3-2-4-8-19/h5-6,9-14,19H,2-4,7-8,15-17H2,1H3,(H,27,32). The monoisotopic (exact) mass is 475 g/mol. The maximum atomic E-state index is 13.3. The van der Waals surface area contributed by atoms with Crippen molar-refractivity contribution in [2.24, 2.45) is 5.92 Å². The highest BCUT2D eigenvalue weighted by Crippen LogP contribution is 2.24. The van der Waals surface area contributed by atoms with Gasteiger partial charge in [0.15, 0.2) is 5.16 Å². The Labute approximate surface area is 202 Å². The number of para-hydroxylation sites is 1. The number of nitrogens with one attached hydrogen (secondary N) is 1. The van der Waals surface area contributed by atoms with Crippen molar-refractivity contribution in [1.29, 1.82) is 0 Å². The first-order valence-corrected chi connectivity index (χ1v) is 12.9. The third kappa shape index (κ3) is 4.73. The van der Waals surface area contributed by atoms with Crippen molar-refractivity contribution in [3.63, 3.8) is 0 Å². The minimum absolute atomic E-state index is 0.00426. The van der Waals surface area contributed by atoms with Crippen LogP contribution >= 0.6 is 11.8 Å². The van der Waals surface area contributed by atoms with Crippen LogP contribution in [0.4, 0.5) is 0 Å². The van der Waals surface area contributed by atoms with E-state index in [4.69, 9.17) is 0 Å². The molecule has 0 unspecified atom stereocenters.